The van der Waals surface area contributed by atoms with E-state index in [9.17, 15) is 4.79 Å². The van der Waals surface area contributed by atoms with Crippen molar-refractivity contribution in [3.63, 3.8) is 0 Å². The lowest BCUT2D eigenvalue weighted by atomic mass is 10.4. The number of hydrogen-bond donors (Lipinski definition) is 2. The molecule has 0 bridgehead atoms. The highest BCUT2D eigenvalue weighted by Gasteiger charge is 2.16. The average molecular weight is 252 g/mol. The van der Waals surface area contributed by atoms with Crippen LogP contribution in [0.3, 0.4) is 0 Å². The Hall–Kier alpha value is -1.52. The van der Waals surface area contributed by atoms with Crippen molar-refractivity contribution in [2.75, 3.05) is 32.7 Å². The number of nitrogens with one attached hydrogen (secondary N) is 2. The summed E-state index contributed by atoms with van der Waals surface area (Å²) in [5, 5.41) is 6.24. The third-order valence-electron chi connectivity index (χ3n) is 2.81. The molecule has 0 unspecified atom stereocenters. The summed E-state index contributed by atoms with van der Waals surface area (Å²) in [4.78, 5) is 18.1. The van der Waals surface area contributed by atoms with Crippen LogP contribution in [-0.4, -0.2) is 49.5 Å². The highest BCUT2D eigenvalue weighted by atomic mass is 16.2. The van der Waals surface area contributed by atoms with Gasteiger partial charge in [0.2, 0.25) is 5.91 Å². The van der Waals surface area contributed by atoms with E-state index >= 15 is 0 Å². The molecule has 0 saturated carbocycles. The van der Waals surface area contributed by atoms with E-state index < -0.39 is 0 Å². The standard InChI is InChI=1S/C13H24N4O/c1-3-8-15-13(14-4-2)16-9-7-12(18)17-10-5-6-11-17/h3H,1,4-11H2,2H3,(H2,14,15,16). The molecule has 0 aromatic heterocycles. The van der Waals surface area contributed by atoms with Crippen LogP contribution in [0.15, 0.2) is 17.6 Å². The minimum atomic E-state index is 0.218. The van der Waals surface area contributed by atoms with Crippen LogP contribution in [0.25, 0.3) is 0 Å². The molecule has 18 heavy (non-hydrogen) atoms. The predicted molar refractivity (Wildman–Crippen MR) is 74.6 cm³/mol. The van der Waals surface area contributed by atoms with Gasteiger partial charge in [0, 0.05) is 32.6 Å². The van der Waals surface area contributed by atoms with Crippen molar-refractivity contribution in [1.29, 1.82) is 0 Å². The van der Waals surface area contributed by atoms with Gasteiger partial charge in [-0.2, -0.15) is 0 Å². The molecule has 1 rings (SSSR count). The Balaban J connectivity index is 2.29. The average Bonchev–Trinajstić information content (AvgIpc) is 2.89. The fourth-order valence-corrected chi connectivity index (χ4v) is 1.90. The second-order valence-electron chi connectivity index (χ2n) is 4.27. The van der Waals surface area contributed by atoms with Crippen LogP contribution in [-0.2, 0) is 4.79 Å². The van der Waals surface area contributed by atoms with Crippen molar-refractivity contribution in [1.82, 2.24) is 15.5 Å². The van der Waals surface area contributed by atoms with Crippen LogP contribution in [0.5, 0.6) is 0 Å². The van der Waals surface area contributed by atoms with Crippen molar-refractivity contribution in [3.05, 3.63) is 12.7 Å². The Kier molecular flexibility index (Phi) is 6.91. The molecule has 1 amide bonds. The predicted octanol–water partition coefficient (Wildman–Crippen LogP) is 0.740. The molecule has 1 saturated heterocycles. The largest absolute Gasteiger partial charge is 0.357 e. The first-order valence-corrected chi connectivity index (χ1v) is 6.68. The molecule has 0 aromatic rings. The zero-order valence-corrected chi connectivity index (χ0v) is 11.2. The summed E-state index contributed by atoms with van der Waals surface area (Å²) in [5.74, 6) is 0.961. The topological polar surface area (TPSA) is 56.7 Å². The first kappa shape index (κ1) is 14.5. The Bertz CT molecular complexity index is 295. The highest BCUT2D eigenvalue weighted by molar-refractivity contribution is 5.81. The second-order valence-corrected chi connectivity index (χ2v) is 4.27. The Morgan fingerprint density at radius 3 is 2.72 bits per heavy atom. The minimum Gasteiger partial charge on any atom is -0.357 e. The molecule has 1 fully saturated rings. The normalized spacial score (nSPS) is 15.6. The van der Waals surface area contributed by atoms with Crippen LogP contribution in [0.4, 0.5) is 0 Å². The molecular weight excluding hydrogens is 228 g/mol. The molecule has 0 aliphatic carbocycles. The molecule has 5 heteroatoms. The van der Waals surface area contributed by atoms with Gasteiger partial charge in [-0.05, 0) is 19.8 Å². The molecule has 1 aliphatic heterocycles. The van der Waals surface area contributed by atoms with Gasteiger partial charge >= 0.3 is 0 Å². The molecule has 1 aliphatic rings. The van der Waals surface area contributed by atoms with Crippen molar-refractivity contribution in [2.24, 2.45) is 4.99 Å². The number of hydrogen-bond acceptors (Lipinski definition) is 2. The van der Waals surface area contributed by atoms with Gasteiger partial charge in [0.15, 0.2) is 5.96 Å². The number of carbonyl (C=O) groups is 1. The van der Waals surface area contributed by atoms with Crippen LogP contribution in [0.1, 0.15) is 26.2 Å². The van der Waals surface area contributed by atoms with E-state index in [1.165, 1.54) is 0 Å². The summed E-state index contributed by atoms with van der Waals surface area (Å²) in [5.41, 5.74) is 0. The van der Waals surface area contributed by atoms with Gasteiger partial charge in [0.1, 0.15) is 0 Å². The van der Waals surface area contributed by atoms with E-state index in [0.29, 0.717) is 19.5 Å². The van der Waals surface area contributed by atoms with Crippen LogP contribution in [0.2, 0.25) is 0 Å². The third kappa shape index (κ3) is 5.21. The lowest BCUT2D eigenvalue weighted by Gasteiger charge is -2.14. The fourth-order valence-electron chi connectivity index (χ4n) is 1.90. The van der Waals surface area contributed by atoms with E-state index in [-0.39, 0.29) is 5.91 Å². The summed E-state index contributed by atoms with van der Waals surface area (Å²) in [6.07, 6.45) is 4.55. The summed E-state index contributed by atoms with van der Waals surface area (Å²) < 4.78 is 0. The molecule has 0 aromatic carbocycles. The number of aliphatic imine (C=N–C) groups is 1. The first-order valence-electron chi connectivity index (χ1n) is 6.68. The zero-order valence-electron chi connectivity index (χ0n) is 11.2. The van der Waals surface area contributed by atoms with Crippen LogP contribution >= 0.6 is 0 Å². The lowest BCUT2D eigenvalue weighted by Crippen LogP contribution is -2.37. The number of likely N-dealkylation sites (tertiary alicyclic amines) is 1. The smallest absolute Gasteiger partial charge is 0.224 e. The minimum absolute atomic E-state index is 0.218. The van der Waals surface area contributed by atoms with E-state index in [1.807, 2.05) is 11.8 Å². The molecule has 5 nitrogen and oxygen atoms in total. The van der Waals surface area contributed by atoms with Crippen LogP contribution in [0, 0.1) is 0 Å². The van der Waals surface area contributed by atoms with Crippen molar-refractivity contribution in [2.45, 2.75) is 26.2 Å². The third-order valence-corrected chi connectivity index (χ3v) is 2.81. The quantitative estimate of drug-likeness (QED) is 0.416. The summed E-state index contributed by atoms with van der Waals surface area (Å²) in [6, 6.07) is 0. The van der Waals surface area contributed by atoms with Gasteiger partial charge < -0.3 is 15.5 Å². The number of amides is 1. The zero-order chi connectivity index (χ0) is 13.2. The molecule has 0 atom stereocenters. The molecule has 2 N–H and O–H groups in total. The second kappa shape index (κ2) is 8.55. The molecule has 102 valence electrons. The number of guanidine groups is 1. The molecule has 1 heterocycles. The van der Waals surface area contributed by atoms with Gasteiger partial charge in [-0.3, -0.25) is 9.79 Å². The maximum absolute atomic E-state index is 11.8. The van der Waals surface area contributed by atoms with Gasteiger partial charge in [-0.15, -0.1) is 6.58 Å². The number of rotatable bonds is 6. The maximum atomic E-state index is 11.8. The monoisotopic (exact) mass is 252 g/mol. The van der Waals surface area contributed by atoms with Crippen molar-refractivity contribution < 1.29 is 4.79 Å². The Morgan fingerprint density at radius 2 is 2.11 bits per heavy atom. The Labute approximate surface area is 109 Å². The molecular formula is C13H24N4O. The lowest BCUT2D eigenvalue weighted by molar-refractivity contribution is -0.129. The van der Waals surface area contributed by atoms with Crippen LogP contribution < -0.4 is 10.6 Å². The fraction of sp³-hybridized carbons (Fsp3) is 0.692. The number of carbonyl (C=O) groups excluding carboxylic acids is 1. The van der Waals surface area contributed by atoms with E-state index in [1.54, 1.807) is 6.08 Å². The summed E-state index contributed by atoms with van der Waals surface area (Å²) in [7, 11) is 0. The van der Waals surface area contributed by atoms with Crippen molar-refractivity contribution in [3.8, 4) is 0 Å². The number of nitrogens with zero attached hydrogens (tertiary/aromatic N) is 2. The van der Waals surface area contributed by atoms with Gasteiger partial charge in [0.05, 0.1) is 6.54 Å². The van der Waals surface area contributed by atoms with E-state index in [0.717, 1.165) is 38.4 Å². The highest BCUT2D eigenvalue weighted by Crippen LogP contribution is 2.08. The molecule has 0 spiro atoms. The van der Waals surface area contributed by atoms with Gasteiger partial charge in [-0.1, -0.05) is 6.08 Å². The van der Waals surface area contributed by atoms with Crippen molar-refractivity contribution >= 4 is 11.9 Å². The molecule has 0 radical (unpaired) electrons. The summed E-state index contributed by atoms with van der Waals surface area (Å²) in [6.45, 7) is 9.50. The Morgan fingerprint density at radius 1 is 1.39 bits per heavy atom. The van der Waals surface area contributed by atoms with Gasteiger partial charge in [0.25, 0.3) is 0 Å². The van der Waals surface area contributed by atoms with E-state index in [2.05, 4.69) is 22.2 Å². The summed E-state index contributed by atoms with van der Waals surface area (Å²) >= 11 is 0. The van der Waals surface area contributed by atoms with Gasteiger partial charge in [-0.25, -0.2) is 0 Å². The van der Waals surface area contributed by atoms with E-state index in [4.69, 9.17) is 0 Å². The maximum Gasteiger partial charge on any atom is 0.224 e. The SMILES string of the molecule is C=CCNC(=NCCC(=O)N1CCCC1)NCC. The first-order chi connectivity index (χ1) is 8.77.